The van der Waals surface area contributed by atoms with Crippen LogP contribution in [0.1, 0.15) is 18.1 Å². The SMILES string of the molecule is Cc1ccc2c(CC(=O)NCC(C)C(=O)O)coc2c1. The topological polar surface area (TPSA) is 79.5 Å². The summed E-state index contributed by atoms with van der Waals surface area (Å²) in [6.45, 7) is 3.66. The van der Waals surface area contributed by atoms with Crippen molar-refractivity contribution in [1.82, 2.24) is 5.32 Å². The van der Waals surface area contributed by atoms with Crippen LogP contribution in [0, 0.1) is 12.8 Å². The van der Waals surface area contributed by atoms with Crippen LogP contribution in [0.25, 0.3) is 11.0 Å². The fraction of sp³-hybridized carbons (Fsp3) is 0.333. The monoisotopic (exact) mass is 275 g/mol. The Bertz CT molecular complexity index is 644. The number of aryl methyl sites for hydroxylation is 1. The van der Waals surface area contributed by atoms with Crippen molar-refractivity contribution >= 4 is 22.8 Å². The second-order valence-corrected chi connectivity index (χ2v) is 4.98. The number of carboxylic acids is 1. The molecule has 1 heterocycles. The minimum Gasteiger partial charge on any atom is -0.481 e. The Kier molecular flexibility index (Phi) is 4.08. The first-order valence-corrected chi connectivity index (χ1v) is 6.43. The Morgan fingerprint density at radius 2 is 2.15 bits per heavy atom. The quantitative estimate of drug-likeness (QED) is 0.876. The van der Waals surface area contributed by atoms with Gasteiger partial charge in [-0.15, -0.1) is 0 Å². The van der Waals surface area contributed by atoms with Crippen LogP contribution in [-0.2, 0) is 16.0 Å². The van der Waals surface area contributed by atoms with Gasteiger partial charge in [0.2, 0.25) is 5.91 Å². The van der Waals surface area contributed by atoms with E-state index < -0.39 is 11.9 Å². The number of nitrogens with one attached hydrogen (secondary N) is 1. The first-order chi connectivity index (χ1) is 9.47. The van der Waals surface area contributed by atoms with E-state index >= 15 is 0 Å². The maximum atomic E-state index is 11.8. The van der Waals surface area contributed by atoms with Crippen LogP contribution < -0.4 is 5.32 Å². The number of fused-ring (bicyclic) bond motifs is 1. The number of rotatable bonds is 5. The molecule has 106 valence electrons. The normalized spacial score (nSPS) is 12.3. The van der Waals surface area contributed by atoms with E-state index in [1.165, 1.54) is 0 Å². The van der Waals surface area contributed by atoms with Gasteiger partial charge < -0.3 is 14.8 Å². The number of carbonyl (C=O) groups excluding carboxylic acids is 1. The highest BCUT2D eigenvalue weighted by molar-refractivity contribution is 5.88. The van der Waals surface area contributed by atoms with Gasteiger partial charge in [-0.3, -0.25) is 9.59 Å². The Labute approximate surface area is 116 Å². The van der Waals surface area contributed by atoms with Gasteiger partial charge in [-0.25, -0.2) is 0 Å². The maximum Gasteiger partial charge on any atom is 0.308 e. The molecule has 0 saturated carbocycles. The molecule has 1 amide bonds. The first-order valence-electron chi connectivity index (χ1n) is 6.43. The lowest BCUT2D eigenvalue weighted by molar-refractivity contribution is -0.141. The zero-order valence-electron chi connectivity index (χ0n) is 11.5. The molecule has 0 aliphatic heterocycles. The van der Waals surface area contributed by atoms with E-state index in [1.807, 2.05) is 25.1 Å². The van der Waals surface area contributed by atoms with Crippen molar-refractivity contribution in [3.05, 3.63) is 35.6 Å². The molecule has 0 aliphatic rings. The van der Waals surface area contributed by atoms with Crippen LogP contribution in [0.15, 0.2) is 28.9 Å². The number of carboxylic acid groups (broad SMARTS) is 1. The zero-order chi connectivity index (χ0) is 14.7. The summed E-state index contributed by atoms with van der Waals surface area (Å²) >= 11 is 0. The van der Waals surface area contributed by atoms with Gasteiger partial charge in [0.1, 0.15) is 5.58 Å². The molecule has 0 radical (unpaired) electrons. The summed E-state index contributed by atoms with van der Waals surface area (Å²) in [6.07, 6.45) is 1.76. The van der Waals surface area contributed by atoms with E-state index in [-0.39, 0.29) is 18.9 Å². The number of benzene rings is 1. The second kappa shape index (κ2) is 5.77. The van der Waals surface area contributed by atoms with Crippen LogP contribution in [0.3, 0.4) is 0 Å². The molecule has 0 spiro atoms. The summed E-state index contributed by atoms with van der Waals surface area (Å²) in [4.78, 5) is 22.5. The molecule has 0 bridgehead atoms. The molecule has 2 N–H and O–H groups in total. The van der Waals surface area contributed by atoms with Crippen molar-refractivity contribution in [3.8, 4) is 0 Å². The van der Waals surface area contributed by atoms with Crippen molar-refractivity contribution in [2.75, 3.05) is 6.54 Å². The van der Waals surface area contributed by atoms with Crippen molar-refractivity contribution in [1.29, 1.82) is 0 Å². The van der Waals surface area contributed by atoms with Gasteiger partial charge in [0, 0.05) is 17.5 Å². The largest absolute Gasteiger partial charge is 0.481 e. The molecule has 20 heavy (non-hydrogen) atoms. The molecule has 0 fully saturated rings. The molecule has 1 aromatic carbocycles. The molecule has 1 atom stereocenters. The summed E-state index contributed by atoms with van der Waals surface area (Å²) in [5.41, 5.74) is 2.66. The van der Waals surface area contributed by atoms with E-state index in [2.05, 4.69) is 5.32 Å². The molecule has 2 aromatic rings. The predicted molar refractivity (Wildman–Crippen MR) is 74.5 cm³/mol. The third kappa shape index (κ3) is 3.17. The minimum absolute atomic E-state index is 0.128. The Balaban J connectivity index is 2.01. The van der Waals surface area contributed by atoms with Gasteiger partial charge in [-0.1, -0.05) is 19.1 Å². The molecule has 5 nitrogen and oxygen atoms in total. The van der Waals surface area contributed by atoms with Gasteiger partial charge >= 0.3 is 5.97 Å². The van der Waals surface area contributed by atoms with Crippen molar-refractivity contribution in [2.24, 2.45) is 5.92 Å². The van der Waals surface area contributed by atoms with E-state index in [1.54, 1.807) is 13.2 Å². The summed E-state index contributed by atoms with van der Waals surface area (Å²) in [5.74, 6) is -1.72. The van der Waals surface area contributed by atoms with Gasteiger partial charge in [-0.05, 0) is 18.6 Å². The number of aliphatic carboxylic acids is 1. The molecule has 0 saturated heterocycles. The molecular weight excluding hydrogens is 258 g/mol. The highest BCUT2D eigenvalue weighted by atomic mass is 16.4. The molecule has 1 unspecified atom stereocenters. The zero-order valence-corrected chi connectivity index (χ0v) is 11.5. The smallest absolute Gasteiger partial charge is 0.308 e. The van der Waals surface area contributed by atoms with Crippen LogP contribution in [0.4, 0.5) is 0 Å². The lowest BCUT2D eigenvalue weighted by atomic mass is 10.1. The van der Waals surface area contributed by atoms with Crippen molar-refractivity contribution < 1.29 is 19.1 Å². The molecule has 0 aliphatic carbocycles. The summed E-state index contributed by atoms with van der Waals surface area (Å²) in [7, 11) is 0. The maximum absolute atomic E-state index is 11.8. The average molecular weight is 275 g/mol. The Morgan fingerprint density at radius 1 is 1.40 bits per heavy atom. The molecule has 5 heteroatoms. The molecule has 2 rings (SSSR count). The number of hydrogen-bond donors (Lipinski definition) is 2. The first kappa shape index (κ1) is 14.1. The summed E-state index contributed by atoms with van der Waals surface area (Å²) in [5, 5.41) is 12.3. The van der Waals surface area contributed by atoms with Crippen LogP contribution in [0.5, 0.6) is 0 Å². The third-order valence-electron chi connectivity index (χ3n) is 3.19. The van der Waals surface area contributed by atoms with Crippen molar-refractivity contribution in [3.63, 3.8) is 0 Å². The van der Waals surface area contributed by atoms with Crippen LogP contribution in [0.2, 0.25) is 0 Å². The lowest BCUT2D eigenvalue weighted by Gasteiger charge is -2.07. The Hall–Kier alpha value is -2.30. The standard InChI is InChI=1S/C15H17NO4/c1-9-3-4-12-11(8-20-13(12)5-9)6-14(17)16-7-10(2)15(18)19/h3-5,8,10H,6-7H2,1-2H3,(H,16,17)(H,18,19). The number of furan rings is 1. The van der Waals surface area contributed by atoms with Gasteiger partial charge in [0.05, 0.1) is 18.6 Å². The van der Waals surface area contributed by atoms with Gasteiger partial charge in [0.25, 0.3) is 0 Å². The Morgan fingerprint density at radius 3 is 2.85 bits per heavy atom. The molecular formula is C15H17NO4. The number of carbonyl (C=O) groups is 2. The number of hydrogen-bond acceptors (Lipinski definition) is 3. The summed E-state index contributed by atoms with van der Waals surface area (Å²) in [6, 6.07) is 5.81. The van der Waals surface area contributed by atoms with E-state index in [9.17, 15) is 9.59 Å². The van der Waals surface area contributed by atoms with Gasteiger partial charge in [-0.2, -0.15) is 0 Å². The van der Waals surface area contributed by atoms with E-state index in [0.717, 1.165) is 22.1 Å². The third-order valence-corrected chi connectivity index (χ3v) is 3.19. The highest BCUT2D eigenvalue weighted by Gasteiger charge is 2.14. The van der Waals surface area contributed by atoms with Gasteiger partial charge in [0.15, 0.2) is 0 Å². The minimum atomic E-state index is -0.922. The lowest BCUT2D eigenvalue weighted by Crippen LogP contribution is -2.32. The fourth-order valence-electron chi connectivity index (χ4n) is 1.92. The average Bonchev–Trinajstić information content (AvgIpc) is 2.78. The van der Waals surface area contributed by atoms with E-state index in [0.29, 0.717) is 0 Å². The second-order valence-electron chi connectivity index (χ2n) is 4.98. The highest BCUT2D eigenvalue weighted by Crippen LogP contribution is 2.22. The van der Waals surface area contributed by atoms with Crippen LogP contribution in [-0.4, -0.2) is 23.5 Å². The number of amides is 1. The van der Waals surface area contributed by atoms with Crippen LogP contribution >= 0.6 is 0 Å². The fourth-order valence-corrected chi connectivity index (χ4v) is 1.92. The van der Waals surface area contributed by atoms with Crippen molar-refractivity contribution in [2.45, 2.75) is 20.3 Å². The summed E-state index contributed by atoms with van der Waals surface area (Å²) < 4.78 is 5.42. The predicted octanol–water partition coefficient (Wildman–Crippen LogP) is 2.12. The molecule has 1 aromatic heterocycles. The van der Waals surface area contributed by atoms with E-state index in [4.69, 9.17) is 9.52 Å².